The van der Waals surface area contributed by atoms with Crippen molar-refractivity contribution in [2.75, 3.05) is 44.0 Å². The Hall–Kier alpha value is -2.82. The van der Waals surface area contributed by atoms with Crippen molar-refractivity contribution in [3.05, 3.63) is 58.1 Å². The third-order valence-corrected chi connectivity index (χ3v) is 12.3. The Bertz CT molecular complexity index is 1560. The maximum Gasteiger partial charge on any atom is 0.327 e. The molecule has 11 heteroatoms. The van der Waals surface area contributed by atoms with Crippen molar-refractivity contribution in [3.63, 3.8) is 0 Å². The molecule has 0 aromatic heterocycles. The second kappa shape index (κ2) is 13.5. The fraction of sp³-hybridized carbons (Fsp3) is 0.588. The summed E-state index contributed by atoms with van der Waals surface area (Å²) in [4.78, 5) is 28.5. The van der Waals surface area contributed by atoms with E-state index in [2.05, 4.69) is 31.4 Å². The average Bonchev–Trinajstić information content (AvgIpc) is 3.14. The molecule has 1 unspecified atom stereocenters. The van der Waals surface area contributed by atoms with Crippen LogP contribution in [-0.2, 0) is 26.5 Å². The predicted octanol–water partition coefficient (Wildman–Crippen LogP) is 6.27. The van der Waals surface area contributed by atoms with Gasteiger partial charge in [-0.2, -0.15) is 0 Å². The largest absolute Gasteiger partial charge is 0.490 e. The number of anilines is 1. The first kappa shape index (κ1) is 32.1. The van der Waals surface area contributed by atoms with Gasteiger partial charge < -0.3 is 19.7 Å². The summed E-state index contributed by atoms with van der Waals surface area (Å²) in [5.74, 6) is 1.14. The zero-order valence-electron chi connectivity index (χ0n) is 26.3. The van der Waals surface area contributed by atoms with Crippen LogP contribution in [0.3, 0.4) is 0 Å². The zero-order chi connectivity index (χ0) is 31.6. The molecular weight excluding hydrogens is 612 g/mol. The number of aryl methyl sites for hydroxylation is 1. The summed E-state index contributed by atoms with van der Waals surface area (Å²) in [5.41, 5.74) is 3.52. The van der Waals surface area contributed by atoms with E-state index in [-0.39, 0.29) is 17.3 Å². The number of ether oxygens (including phenoxy) is 2. The number of hydrogen-bond donors (Lipinski definition) is 2. The van der Waals surface area contributed by atoms with Gasteiger partial charge in [-0.15, -0.1) is 4.36 Å². The molecule has 2 bridgehead atoms. The number of carbonyl (C=O) groups excluding carboxylic acids is 2. The topological polar surface area (TPSA) is 109 Å². The van der Waals surface area contributed by atoms with Gasteiger partial charge in [-0.25, -0.2) is 9.00 Å². The van der Waals surface area contributed by atoms with Crippen LogP contribution in [0.2, 0.25) is 5.02 Å². The number of nitrogens with zero attached hydrogens (tertiary/aromatic N) is 2. The standard InChI is InChI=1S/C34H45ClN4O5S/c1-3-36-33(41)38-45(42)17-6-4-5-9-30(43-2)27-13-10-25(27)20-39-21-34(16-7-8-23-18-26(35)12-14-28(23)34)22-44-31-15-11-24(19-29(31)39)32(40)37-45/h11-12,14-15,18-19,25,27,30H,3-10,13,16-17,20-22H2,1-2H3,(H2,36,37,38,40,41,42)/t25-,27+,30-,34-,45?/m0/s1. The molecule has 9 nitrogen and oxygen atoms in total. The number of nitrogens with one attached hydrogen (secondary N) is 2. The number of fused-ring (bicyclic) bond motifs is 4. The van der Waals surface area contributed by atoms with Gasteiger partial charge in [-0.3, -0.25) is 9.52 Å². The lowest BCUT2D eigenvalue weighted by Gasteiger charge is -2.46. The highest BCUT2D eigenvalue weighted by molar-refractivity contribution is 7.92. The number of rotatable bonds is 3. The van der Waals surface area contributed by atoms with Gasteiger partial charge in [0.1, 0.15) is 15.7 Å². The first-order valence-corrected chi connectivity index (χ1v) is 18.5. The van der Waals surface area contributed by atoms with Gasteiger partial charge >= 0.3 is 6.03 Å². The lowest BCUT2D eigenvalue weighted by molar-refractivity contribution is -0.0220. The highest BCUT2D eigenvalue weighted by Crippen LogP contribution is 2.47. The quantitative estimate of drug-likeness (QED) is 0.403. The lowest BCUT2D eigenvalue weighted by atomic mass is 9.68. The Morgan fingerprint density at radius 2 is 2.02 bits per heavy atom. The van der Waals surface area contributed by atoms with Crippen LogP contribution in [0, 0.1) is 11.8 Å². The van der Waals surface area contributed by atoms with Crippen LogP contribution >= 0.6 is 11.6 Å². The van der Waals surface area contributed by atoms with E-state index in [0.29, 0.717) is 37.0 Å². The Morgan fingerprint density at radius 1 is 1.16 bits per heavy atom. The van der Waals surface area contributed by atoms with Crippen LogP contribution in [0.15, 0.2) is 40.8 Å². The molecule has 1 spiro atoms. The molecule has 2 aliphatic carbocycles. The molecule has 2 aromatic carbocycles. The molecule has 4 aliphatic rings. The first-order chi connectivity index (χ1) is 21.7. The van der Waals surface area contributed by atoms with Crippen molar-refractivity contribution in [1.82, 2.24) is 10.0 Å². The third kappa shape index (κ3) is 6.83. The molecule has 5 atom stereocenters. The minimum absolute atomic E-state index is 0.103. The van der Waals surface area contributed by atoms with Gasteiger partial charge in [0.25, 0.3) is 5.91 Å². The predicted molar refractivity (Wildman–Crippen MR) is 178 cm³/mol. The molecule has 2 aromatic rings. The van der Waals surface area contributed by atoms with E-state index in [9.17, 15) is 13.8 Å². The summed E-state index contributed by atoms with van der Waals surface area (Å²) in [6.07, 6.45) is 8.68. The summed E-state index contributed by atoms with van der Waals surface area (Å²) in [7, 11) is -1.53. The molecule has 6 rings (SSSR count). The van der Waals surface area contributed by atoms with Crippen LogP contribution in [0.4, 0.5) is 10.5 Å². The second-order valence-corrected chi connectivity index (χ2v) is 15.6. The SMILES string of the molecule is CCNC(=O)NS1(=O)=NC(=O)c2ccc3c(c2)N(C[C@@H]2CC[C@H]2[C@@H](OC)CCCCC1)C[C@@]1(CCCc2cc(Cl)ccc21)CO3. The molecule has 1 saturated carbocycles. The fourth-order valence-corrected chi connectivity index (χ4v) is 9.58. The number of halogens is 1. The van der Waals surface area contributed by atoms with Crippen LogP contribution < -0.4 is 19.7 Å². The molecular formula is C34H45ClN4O5S. The van der Waals surface area contributed by atoms with Gasteiger partial charge in [0.15, 0.2) is 0 Å². The van der Waals surface area contributed by atoms with Crippen LogP contribution in [0.25, 0.3) is 0 Å². The summed E-state index contributed by atoms with van der Waals surface area (Å²) in [5, 5.41) is 3.37. The lowest BCUT2D eigenvalue weighted by Crippen LogP contribution is -2.49. The van der Waals surface area contributed by atoms with Gasteiger partial charge in [-0.1, -0.05) is 30.5 Å². The van der Waals surface area contributed by atoms with E-state index in [1.54, 1.807) is 13.0 Å². The van der Waals surface area contributed by atoms with Gasteiger partial charge in [0, 0.05) is 42.7 Å². The number of methoxy groups -OCH3 is 1. The first-order valence-electron chi connectivity index (χ1n) is 16.4. The number of urea groups is 1. The van der Waals surface area contributed by atoms with Gasteiger partial charge in [0.2, 0.25) is 0 Å². The molecule has 45 heavy (non-hydrogen) atoms. The molecule has 2 N–H and O–H groups in total. The zero-order valence-corrected chi connectivity index (χ0v) is 27.9. The summed E-state index contributed by atoms with van der Waals surface area (Å²) in [6, 6.07) is 11.0. The summed E-state index contributed by atoms with van der Waals surface area (Å²) >= 11 is 6.43. The molecule has 0 radical (unpaired) electrons. The van der Waals surface area contributed by atoms with E-state index in [1.807, 2.05) is 25.3 Å². The maximum absolute atomic E-state index is 13.9. The van der Waals surface area contributed by atoms with E-state index in [4.69, 9.17) is 21.1 Å². The molecule has 1 fully saturated rings. The van der Waals surface area contributed by atoms with Crippen molar-refractivity contribution in [2.45, 2.75) is 76.2 Å². The Kier molecular flexibility index (Phi) is 9.64. The number of carbonyl (C=O) groups is 2. The Balaban J connectivity index is 1.41. The minimum Gasteiger partial charge on any atom is -0.490 e. The highest BCUT2D eigenvalue weighted by Gasteiger charge is 2.44. The molecule has 0 saturated heterocycles. The third-order valence-electron chi connectivity index (χ3n) is 10.2. The molecule has 2 heterocycles. The monoisotopic (exact) mass is 656 g/mol. The number of benzene rings is 2. The average molecular weight is 657 g/mol. The smallest absolute Gasteiger partial charge is 0.327 e. The second-order valence-electron chi connectivity index (χ2n) is 13.1. The maximum atomic E-state index is 13.9. The van der Waals surface area contributed by atoms with E-state index in [0.717, 1.165) is 80.9 Å². The van der Waals surface area contributed by atoms with Gasteiger partial charge in [0.05, 0.1) is 24.2 Å². The summed E-state index contributed by atoms with van der Waals surface area (Å²) in [6.45, 7) is 4.26. The number of amides is 3. The fourth-order valence-electron chi connectivity index (χ4n) is 7.82. The van der Waals surface area contributed by atoms with Crippen molar-refractivity contribution < 1.29 is 23.3 Å². The minimum atomic E-state index is -3.34. The Morgan fingerprint density at radius 3 is 2.80 bits per heavy atom. The van der Waals surface area contributed by atoms with Gasteiger partial charge in [-0.05, 0) is 105 Å². The molecule has 3 amide bonds. The van der Waals surface area contributed by atoms with E-state index < -0.39 is 21.9 Å². The van der Waals surface area contributed by atoms with Crippen molar-refractivity contribution in [2.24, 2.45) is 16.2 Å². The van der Waals surface area contributed by atoms with E-state index >= 15 is 0 Å². The summed E-state index contributed by atoms with van der Waals surface area (Å²) < 4.78 is 33.2. The van der Waals surface area contributed by atoms with Crippen LogP contribution in [-0.4, -0.2) is 61.4 Å². The van der Waals surface area contributed by atoms with Crippen LogP contribution in [0.1, 0.15) is 79.8 Å². The molecule has 244 valence electrons. The van der Waals surface area contributed by atoms with Crippen molar-refractivity contribution >= 4 is 39.1 Å². The van der Waals surface area contributed by atoms with Crippen molar-refractivity contribution in [1.29, 1.82) is 0 Å². The van der Waals surface area contributed by atoms with Crippen molar-refractivity contribution in [3.8, 4) is 5.75 Å². The van der Waals surface area contributed by atoms with Crippen LogP contribution in [0.5, 0.6) is 5.75 Å². The Labute approximate surface area is 272 Å². The molecule has 2 aliphatic heterocycles. The van der Waals surface area contributed by atoms with E-state index in [1.165, 1.54) is 11.1 Å². The number of hydrogen-bond acceptors (Lipinski definition) is 6. The highest BCUT2D eigenvalue weighted by atomic mass is 35.5. The normalized spacial score (nSPS) is 30.1.